The lowest BCUT2D eigenvalue weighted by molar-refractivity contribution is -0.0865. The van der Waals surface area contributed by atoms with Crippen LogP contribution in [0.3, 0.4) is 0 Å². The Morgan fingerprint density at radius 2 is 2.04 bits per heavy atom. The maximum atomic E-state index is 13.2. The Balaban J connectivity index is 1.88. The number of fused-ring (bicyclic) bond motifs is 1. The molecular formula is C14H11F2N5O2. The maximum Gasteiger partial charge on any atom is 0.334 e. The third kappa shape index (κ3) is 2.24. The molecule has 0 aliphatic heterocycles. The number of halogens is 2. The van der Waals surface area contributed by atoms with E-state index in [-0.39, 0.29) is 24.6 Å². The summed E-state index contributed by atoms with van der Waals surface area (Å²) in [4.78, 5) is 29.4. The van der Waals surface area contributed by atoms with E-state index in [1.54, 1.807) is 12.3 Å². The SMILES string of the molecule is O=c1ccn(-c2cc(C3CC(F)(F)C3)c3nccn3n2)c(=O)[nH]1. The minimum absolute atomic E-state index is 0.238. The lowest BCUT2D eigenvalue weighted by Crippen LogP contribution is -2.34. The van der Waals surface area contributed by atoms with Crippen molar-refractivity contribution in [2.45, 2.75) is 24.7 Å². The van der Waals surface area contributed by atoms with Crippen LogP contribution < -0.4 is 11.2 Å². The van der Waals surface area contributed by atoms with Gasteiger partial charge in [-0.1, -0.05) is 0 Å². The highest BCUT2D eigenvalue weighted by Crippen LogP contribution is 2.49. The van der Waals surface area contributed by atoms with Crippen LogP contribution in [0.5, 0.6) is 0 Å². The van der Waals surface area contributed by atoms with Crippen molar-refractivity contribution < 1.29 is 8.78 Å². The summed E-state index contributed by atoms with van der Waals surface area (Å²) in [6, 6.07) is 2.76. The van der Waals surface area contributed by atoms with E-state index in [4.69, 9.17) is 0 Å². The molecular weight excluding hydrogens is 308 g/mol. The number of rotatable bonds is 2. The molecule has 0 radical (unpaired) electrons. The first-order valence-electron chi connectivity index (χ1n) is 6.97. The average molecular weight is 319 g/mol. The third-order valence-corrected chi connectivity index (χ3v) is 3.98. The van der Waals surface area contributed by atoms with Crippen LogP contribution in [0, 0.1) is 0 Å². The zero-order valence-electron chi connectivity index (χ0n) is 11.7. The number of hydrogen-bond acceptors (Lipinski definition) is 4. The van der Waals surface area contributed by atoms with E-state index in [1.807, 2.05) is 0 Å². The molecule has 0 unspecified atom stereocenters. The second-order valence-electron chi connectivity index (χ2n) is 5.59. The van der Waals surface area contributed by atoms with Gasteiger partial charge in [0, 0.05) is 43.1 Å². The molecule has 1 N–H and O–H groups in total. The van der Waals surface area contributed by atoms with Gasteiger partial charge in [0.2, 0.25) is 5.92 Å². The van der Waals surface area contributed by atoms with Gasteiger partial charge in [-0.15, -0.1) is 5.10 Å². The van der Waals surface area contributed by atoms with Gasteiger partial charge in [-0.25, -0.2) is 23.1 Å². The van der Waals surface area contributed by atoms with E-state index in [1.165, 1.54) is 23.0 Å². The number of H-pyrrole nitrogens is 1. The van der Waals surface area contributed by atoms with E-state index in [0.29, 0.717) is 11.2 Å². The Hall–Kier alpha value is -2.84. The summed E-state index contributed by atoms with van der Waals surface area (Å²) in [6.07, 6.45) is 3.89. The smallest absolute Gasteiger partial charge is 0.274 e. The van der Waals surface area contributed by atoms with Gasteiger partial charge in [-0.05, 0) is 12.0 Å². The van der Waals surface area contributed by atoms with Crippen molar-refractivity contribution in [1.29, 1.82) is 0 Å². The van der Waals surface area contributed by atoms with Gasteiger partial charge in [0.05, 0.1) is 0 Å². The Labute approximate surface area is 127 Å². The van der Waals surface area contributed by atoms with Gasteiger partial charge in [-0.3, -0.25) is 14.3 Å². The van der Waals surface area contributed by atoms with E-state index in [0.717, 1.165) is 4.57 Å². The fourth-order valence-electron chi connectivity index (χ4n) is 2.82. The highest BCUT2D eigenvalue weighted by atomic mass is 19.3. The van der Waals surface area contributed by atoms with Crippen molar-refractivity contribution in [3.8, 4) is 5.82 Å². The van der Waals surface area contributed by atoms with Gasteiger partial charge >= 0.3 is 5.69 Å². The highest BCUT2D eigenvalue weighted by molar-refractivity contribution is 5.52. The second kappa shape index (κ2) is 4.58. The molecule has 0 amide bonds. The molecule has 4 rings (SSSR count). The maximum absolute atomic E-state index is 13.2. The van der Waals surface area contributed by atoms with Crippen molar-refractivity contribution in [1.82, 2.24) is 24.1 Å². The third-order valence-electron chi connectivity index (χ3n) is 3.98. The van der Waals surface area contributed by atoms with Crippen LogP contribution in [-0.4, -0.2) is 30.1 Å². The summed E-state index contributed by atoms with van der Waals surface area (Å²) >= 11 is 0. The van der Waals surface area contributed by atoms with Gasteiger partial charge < -0.3 is 0 Å². The zero-order valence-corrected chi connectivity index (χ0v) is 11.7. The molecule has 0 aromatic carbocycles. The van der Waals surface area contributed by atoms with Crippen LogP contribution in [0.4, 0.5) is 8.78 Å². The summed E-state index contributed by atoms with van der Waals surface area (Å²) in [7, 11) is 0. The van der Waals surface area contributed by atoms with E-state index < -0.39 is 17.2 Å². The van der Waals surface area contributed by atoms with E-state index >= 15 is 0 Å². The second-order valence-corrected chi connectivity index (χ2v) is 5.59. The summed E-state index contributed by atoms with van der Waals surface area (Å²) < 4.78 is 29.0. The molecule has 7 nitrogen and oxygen atoms in total. The first-order chi connectivity index (χ1) is 10.9. The molecule has 9 heteroatoms. The van der Waals surface area contributed by atoms with Crippen molar-refractivity contribution in [3.63, 3.8) is 0 Å². The van der Waals surface area contributed by atoms with Crippen molar-refractivity contribution in [2.24, 2.45) is 0 Å². The Morgan fingerprint density at radius 3 is 2.74 bits per heavy atom. The molecule has 3 aromatic heterocycles. The first kappa shape index (κ1) is 13.8. The van der Waals surface area contributed by atoms with Crippen LogP contribution in [0.25, 0.3) is 11.5 Å². The lowest BCUT2D eigenvalue weighted by atomic mass is 9.77. The number of hydrogen-bond donors (Lipinski definition) is 1. The molecule has 1 saturated carbocycles. The monoisotopic (exact) mass is 319 g/mol. The average Bonchev–Trinajstić information content (AvgIpc) is 2.92. The fraction of sp³-hybridized carbons (Fsp3) is 0.286. The Morgan fingerprint density at radius 1 is 1.26 bits per heavy atom. The minimum Gasteiger partial charge on any atom is -0.274 e. The number of nitrogens with one attached hydrogen (secondary N) is 1. The van der Waals surface area contributed by atoms with Gasteiger partial charge in [-0.2, -0.15) is 0 Å². The first-order valence-corrected chi connectivity index (χ1v) is 6.97. The van der Waals surface area contributed by atoms with Crippen molar-refractivity contribution in [3.05, 3.63) is 57.1 Å². The van der Waals surface area contributed by atoms with Crippen LogP contribution in [-0.2, 0) is 0 Å². The molecule has 0 spiro atoms. The van der Waals surface area contributed by atoms with Crippen molar-refractivity contribution >= 4 is 5.65 Å². The topological polar surface area (TPSA) is 85.0 Å². The van der Waals surface area contributed by atoms with Gasteiger partial charge in [0.25, 0.3) is 5.56 Å². The number of alkyl halides is 2. The number of aromatic nitrogens is 5. The van der Waals surface area contributed by atoms with Crippen molar-refractivity contribution in [2.75, 3.05) is 0 Å². The molecule has 1 aliphatic rings. The molecule has 23 heavy (non-hydrogen) atoms. The Kier molecular flexibility index (Phi) is 2.75. The molecule has 1 fully saturated rings. The number of aromatic amines is 1. The predicted octanol–water partition coefficient (Wildman–Crippen LogP) is 1.08. The van der Waals surface area contributed by atoms with Gasteiger partial charge in [0.1, 0.15) is 0 Å². The lowest BCUT2D eigenvalue weighted by Gasteiger charge is -2.35. The Bertz CT molecular complexity index is 1010. The van der Waals surface area contributed by atoms with Gasteiger partial charge in [0.15, 0.2) is 11.5 Å². The van der Waals surface area contributed by atoms with Crippen LogP contribution in [0.15, 0.2) is 40.3 Å². The number of imidazole rings is 1. The predicted molar refractivity (Wildman–Crippen MR) is 76.1 cm³/mol. The number of nitrogens with zero attached hydrogens (tertiary/aromatic N) is 4. The van der Waals surface area contributed by atoms with E-state index in [2.05, 4.69) is 15.1 Å². The molecule has 0 saturated heterocycles. The molecule has 3 heterocycles. The molecule has 118 valence electrons. The fourth-order valence-corrected chi connectivity index (χ4v) is 2.82. The molecule has 0 bridgehead atoms. The van der Waals surface area contributed by atoms with Crippen LogP contribution >= 0.6 is 0 Å². The van der Waals surface area contributed by atoms with Crippen LogP contribution in [0.1, 0.15) is 24.3 Å². The minimum atomic E-state index is -2.66. The zero-order chi connectivity index (χ0) is 16.2. The summed E-state index contributed by atoms with van der Waals surface area (Å²) in [5.41, 5.74) is -0.0566. The largest absolute Gasteiger partial charge is 0.334 e. The standard InChI is InChI=1S/C14H11F2N5O2/c15-14(16)6-8(7-14)9-5-10(19-21-4-2-17-12(9)21)20-3-1-11(22)18-13(20)23/h1-5,8H,6-7H2,(H,18,22,23). The van der Waals surface area contributed by atoms with E-state index in [9.17, 15) is 18.4 Å². The molecule has 1 aliphatic carbocycles. The summed E-state index contributed by atoms with van der Waals surface area (Å²) in [6.45, 7) is 0. The summed E-state index contributed by atoms with van der Waals surface area (Å²) in [5, 5.41) is 4.24. The summed E-state index contributed by atoms with van der Waals surface area (Å²) in [5.74, 6) is -2.76. The quantitative estimate of drug-likeness (QED) is 0.766. The molecule has 0 atom stereocenters. The van der Waals surface area contributed by atoms with Crippen LogP contribution in [0.2, 0.25) is 0 Å². The molecule has 3 aromatic rings. The normalized spacial score (nSPS) is 17.3. The highest BCUT2D eigenvalue weighted by Gasteiger charge is 2.46.